The summed E-state index contributed by atoms with van der Waals surface area (Å²) in [7, 11) is 1.91. The van der Waals surface area contributed by atoms with Gasteiger partial charge in [-0.15, -0.1) is 0 Å². The van der Waals surface area contributed by atoms with E-state index in [2.05, 4.69) is 53.2 Å². The molecule has 1 amide bonds. The third-order valence-corrected chi connectivity index (χ3v) is 5.50. The highest BCUT2D eigenvalue weighted by Crippen LogP contribution is 2.28. The van der Waals surface area contributed by atoms with Crippen LogP contribution >= 0.6 is 0 Å². The Kier molecular flexibility index (Phi) is 5.62. The predicted molar refractivity (Wildman–Crippen MR) is 122 cm³/mol. The Hall–Kier alpha value is -3.80. The molecule has 2 heterocycles. The molecule has 0 saturated heterocycles. The summed E-state index contributed by atoms with van der Waals surface area (Å²) in [5.41, 5.74) is 7.30. The number of nitrogens with one attached hydrogen (secondary N) is 1. The minimum Gasteiger partial charge on any atom is -0.313 e. The summed E-state index contributed by atoms with van der Waals surface area (Å²) >= 11 is 0. The first-order valence-electron chi connectivity index (χ1n) is 10.2. The van der Waals surface area contributed by atoms with Crippen molar-refractivity contribution in [3.05, 3.63) is 94.7 Å². The Balaban J connectivity index is 1.55. The van der Waals surface area contributed by atoms with Crippen LogP contribution in [0, 0.1) is 20.8 Å². The average molecular weight is 412 g/mol. The Morgan fingerprint density at radius 3 is 2.45 bits per heavy atom. The van der Waals surface area contributed by atoms with Crippen LogP contribution in [0.15, 0.2) is 61.1 Å². The van der Waals surface area contributed by atoms with Crippen molar-refractivity contribution in [1.29, 1.82) is 0 Å². The maximum absolute atomic E-state index is 12.9. The smallest absolute Gasteiger partial charge is 0.257 e. The van der Waals surface area contributed by atoms with E-state index < -0.39 is 0 Å². The Morgan fingerprint density at radius 2 is 1.68 bits per heavy atom. The van der Waals surface area contributed by atoms with Crippen molar-refractivity contribution in [2.75, 3.05) is 5.32 Å². The molecule has 0 radical (unpaired) electrons. The van der Waals surface area contributed by atoms with E-state index in [1.807, 2.05) is 29.8 Å². The van der Waals surface area contributed by atoms with Gasteiger partial charge in [-0.1, -0.05) is 18.2 Å². The van der Waals surface area contributed by atoms with Gasteiger partial charge in [0.05, 0.1) is 11.9 Å². The molecule has 0 bridgehead atoms. The van der Waals surface area contributed by atoms with Gasteiger partial charge in [0, 0.05) is 37.0 Å². The molecule has 0 saturated carbocycles. The van der Waals surface area contributed by atoms with Crippen LogP contribution in [0.5, 0.6) is 0 Å². The summed E-state index contributed by atoms with van der Waals surface area (Å²) < 4.78 is 1.91. The zero-order chi connectivity index (χ0) is 22.0. The standard InChI is InChI=1S/C25H25N5O/c1-16-11-18(3)21(12-17(16)2)22-15-28-25(30(22)4)29-24(31)20-8-5-7-19(13-20)14-23-26-9-6-10-27-23/h5-13,15H,14H2,1-4H3,(H,28,29,31). The van der Waals surface area contributed by atoms with Gasteiger partial charge in [0.2, 0.25) is 5.95 Å². The van der Waals surface area contributed by atoms with Gasteiger partial charge in [0.1, 0.15) is 5.82 Å². The number of anilines is 1. The van der Waals surface area contributed by atoms with Crippen LogP contribution in [0.3, 0.4) is 0 Å². The molecule has 4 rings (SSSR count). The molecule has 4 aromatic rings. The monoisotopic (exact) mass is 411 g/mol. The zero-order valence-corrected chi connectivity index (χ0v) is 18.2. The number of benzene rings is 2. The normalized spacial score (nSPS) is 10.8. The van der Waals surface area contributed by atoms with Gasteiger partial charge in [-0.2, -0.15) is 0 Å². The zero-order valence-electron chi connectivity index (χ0n) is 18.2. The summed E-state index contributed by atoms with van der Waals surface area (Å²) in [6, 6.07) is 13.6. The molecule has 0 unspecified atom stereocenters. The molecule has 0 aliphatic heterocycles. The molecule has 0 fully saturated rings. The SMILES string of the molecule is Cc1cc(C)c(-c2cnc(NC(=O)c3cccc(Cc4ncccn4)c3)n2C)cc1C. The largest absolute Gasteiger partial charge is 0.313 e. The fraction of sp³-hybridized carbons (Fsp3) is 0.200. The molecule has 6 nitrogen and oxygen atoms in total. The van der Waals surface area contributed by atoms with E-state index in [0.29, 0.717) is 17.9 Å². The summed E-state index contributed by atoms with van der Waals surface area (Å²) in [6.07, 6.45) is 5.81. The number of aromatic nitrogens is 4. The predicted octanol–water partition coefficient (Wildman–Crippen LogP) is 4.65. The average Bonchev–Trinajstić information content (AvgIpc) is 3.11. The molecule has 1 N–H and O–H groups in total. The van der Waals surface area contributed by atoms with Gasteiger partial charge in [-0.05, 0) is 67.3 Å². The topological polar surface area (TPSA) is 72.7 Å². The highest BCUT2D eigenvalue weighted by atomic mass is 16.1. The summed E-state index contributed by atoms with van der Waals surface area (Å²) in [5, 5.41) is 2.93. The van der Waals surface area contributed by atoms with Crippen LogP contribution in [-0.2, 0) is 13.5 Å². The van der Waals surface area contributed by atoms with Crippen molar-refractivity contribution < 1.29 is 4.79 Å². The van der Waals surface area contributed by atoms with Crippen LogP contribution in [-0.4, -0.2) is 25.4 Å². The molecule has 31 heavy (non-hydrogen) atoms. The van der Waals surface area contributed by atoms with Gasteiger partial charge in [-0.3, -0.25) is 10.1 Å². The first-order chi connectivity index (χ1) is 14.9. The second kappa shape index (κ2) is 8.52. The maximum Gasteiger partial charge on any atom is 0.257 e. The molecule has 0 atom stereocenters. The van der Waals surface area contributed by atoms with Crippen LogP contribution in [0.1, 0.15) is 38.4 Å². The number of nitrogens with zero attached hydrogens (tertiary/aromatic N) is 4. The van der Waals surface area contributed by atoms with Gasteiger partial charge in [0.25, 0.3) is 5.91 Å². The van der Waals surface area contributed by atoms with Crippen molar-refractivity contribution in [2.24, 2.45) is 7.05 Å². The molecule has 2 aromatic heterocycles. The maximum atomic E-state index is 12.9. The third kappa shape index (κ3) is 4.38. The fourth-order valence-corrected chi connectivity index (χ4v) is 3.61. The summed E-state index contributed by atoms with van der Waals surface area (Å²) in [6.45, 7) is 6.30. The van der Waals surface area contributed by atoms with Crippen molar-refractivity contribution in [1.82, 2.24) is 19.5 Å². The fourth-order valence-electron chi connectivity index (χ4n) is 3.61. The van der Waals surface area contributed by atoms with E-state index in [0.717, 1.165) is 22.6 Å². The number of hydrogen-bond acceptors (Lipinski definition) is 4. The lowest BCUT2D eigenvalue weighted by molar-refractivity contribution is 0.102. The number of hydrogen-bond donors (Lipinski definition) is 1. The molecule has 0 aliphatic rings. The minimum atomic E-state index is -0.201. The highest BCUT2D eigenvalue weighted by molar-refractivity contribution is 6.03. The van der Waals surface area contributed by atoms with Crippen LogP contribution in [0.25, 0.3) is 11.3 Å². The van der Waals surface area contributed by atoms with E-state index in [-0.39, 0.29) is 5.91 Å². The molecule has 6 heteroatoms. The number of imidazole rings is 1. The number of carbonyl (C=O) groups is 1. The third-order valence-electron chi connectivity index (χ3n) is 5.50. The summed E-state index contributed by atoms with van der Waals surface area (Å²) in [4.78, 5) is 25.8. The molecule has 156 valence electrons. The molecule has 2 aromatic carbocycles. The lowest BCUT2D eigenvalue weighted by Gasteiger charge is -2.12. The Bertz CT molecular complexity index is 1240. The van der Waals surface area contributed by atoms with Gasteiger partial charge < -0.3 is 4.57 Å². The first kappa shape index (κ1) is 20.5. The van der Waals surface area contributed by atoms with Crippen molar-refractivity contribution in [3.8, 4) is 11.3 Å². The van der Waals surface area contributed by atoms with E-state index in [1.165, 1.54) is 16.7 Å². The van der Waals surface area contributed by atoms with E-state index in [9.17, 15) is 4.79 Å². The molecule has 0 spiro atoms. The van der Waals surface area contributed by atoms with Crippen molar-refractivity contribution in [3.63, 3.8) is 0 Å². The highest BCUT2D eigenvalue weighted by Gasteiger charge is 2.15. The molecule has 0 aliphatic carbocycles. The Labute approximate surface area is 182 Å². The number of aryl methyl sites for hydroxylation is 3. The molecular formula is C25H25N5O. The van der Waals surface area contributed by atoms with E-state index in [4.69, 9.17) is 0 Å². The Morgan fingerprint density at radius 1 is 0.935 bits per heavy atom. The second-order valence-electron chi connectivity index (χ2n) is 7.77. The molecular weight excluding hydrogens is 386 g/mol. The van der Waals surface area contributed by atoms with Crippen LogP contribution in [0.4, 0.5) is 5.95 Å². The number of rotatable bonds is 5. The lowest BCUT2D eigenvalue weighted by atomic mass is 9.99. The second-order valence-corrected chi connectivity index (χ2v) is 7.77. The van der Waals surface area contributed by atoms with Gasteiger partial charge in [-0.25, -0.2) is 15.0 Å². The minimum absolute atomic E-state index is 0.201. The van der Waals surface area contributed by atoms with Crippen molar-refractivity contribution in [2.45, 2.75) is 27.2 Å². The van der Waals surface area contributed by atoms with Crippen LogP contribution in [0.2, 0.25) is 0 Å². The van der Waals surface area contributed by atoms with Gasteiger partial charge >= 0.3 is 0 Å². The quantitative estimate of drug-likeness (QED) is 0.519. The first-order valence-corrected chi connectivity index (χ1v) is 10.2. The lowest BCUT2D eigenvalue weighted by Crippen LogP contribution is -2.15. The number of carbonyl (C=O) groups excluding carboxylic acids is 1. The van der Waals surface area contributed by atoms with Crippen molar-refractivity contribution >= 4 is 11.9 Å². The van der Waals surface area contributed by atoms with E-state index >= 15 is 0 Å². The van der Waals surface area contributed by atoms with E-state index in [1.54, 1.807) is 30.7 Å². The number of amides is 1. The van der Waals surface area contributed by atoms with Crippen LogP contribution < -0.4 is 5.32 Å². The summed E-state index contributed by atoms with van der Waals surface area (Å²) in [5.74, 6) is 1.03. The van der Waals surface area contributed by atoms with Gasteiger partial charge in [0.15, 0.2) is 0 Å².